The lowest BCUT2D eigenvalue weighted by molar-refractivity contribution is 0.596. The van der Waals surface area contributed by atoms with Gasteiger partial charge in [-0.2, -0.15) is 0 Å². The van der Waals surface area contributed by atoms with Crippen LogP contribution in [0.2, 0.25) is 5.15 Å². The van der Waals surface area contributed by atoms with Crippen LogP contribution in [-0.4, -0.2) is 30.9 Å². The van der Waals surface area contributed by atoms with E-state index in [4.69, 9.17) is 17.0 Å². The van der Waals surface area contributed by atoms with Gasteiger partial charge in [-0.3, -0.25) is 0 Å². The molecule has 0 bridgehead atoms. The van der Waals surface area contributed by atoms with Crippen LogP contribution in [0.15, 0.2) is 29.4 Å². The van der Waals surface area contributed by atoms with Crippen molar-refractivity contribution in [3.8, 4) is 0 Å². The van der Waals surface area contributed by atoms with Gasteiger partial charge in [0, 0.05) is 12.5 Å². The average molecular weight is 329 g/mol. The molecule has 1 aromatic carbocycles. The highest BCUT2D eigenvalue weighted by atomic mass is 35.5. The van der Waals surface area contributed by atoms with Crippen molar-refractivity contribution >= 4 is 39.2 Å². The van der Waals surface area contributed by atoms with Crippen molar-refractivity contribution in [1.29, 1.82) is 5.41 Å². The monoisotopic (exact) mass is 328 g/mol. The highest BCUT2D eigenvalue weighted by molar-refractivity contribution is 7.90. The zero-order chi connectivity index (χ0) is 15.6. The van der Waals surface area contributed by atoms with E-state index in [-0.39, 0.29) is 27.1 Å². The summed E-state index contributed by atoms with van der Waals surface area (Å²) in [7, 11) is -3.49. The normalized spacial score (nSPS) is 11.2. The fourth-order valence-electron chi connectivity index (χ4n) is 1.56. The zero-order valence-corrected chi connectivity index (χ0v) is 12.3. The third-order valence-electron chi connectivity index (χ3n) is 2.60. The largest absolute Gasteiger partial charge is 0.337 e. The van der Waals surface area contributed by atoms with Crippen molar-refractivity contribution in [3.63, 3.8) is 0 Å². The smallest absolute Gasteiger partial charge is 0.175 e. The summed E-state index contributed by atoms with van der Waals surface area (Å²) in [6, 6.07) is 3.45. The lowest BCUT2D eigenvalue weighted by atomic mass is 10.2. The van der Waals surface area contributed by atoms with Crippen LogP contribution in [0.25, 0.3) is 0 Å². The molecule has 0 spiro atoms. The lowest BCUT2D eigenvalue weighted by Gasteiger charge is -2.10. The van der Waals surface area contributed by atoms with Crippen LogP contribution in [0.4, 0.5) is 15.9 Å². The minimum atomic E-state index is -3.49. The summed E-state index contributed by atoms with van der Waals surface area (Å²) in [5.74, 6) is -0.611. The lowest BCUT2D eigenvalue weighted by Crippen LogP contribution is -2.04. The topological polar surface area (TPSA) is 95.8 Å². The number of sulfone groups is 1. The van der Waals surface area contributed by atoms with Gasteiger partial charge in [-0.05, 0) is 18.2 Å². The summed E-state index contributed by atoms with van der Waals surface area (Å²) in [5.41, 5.74) is 0.214. The van der Waals surface area contributed by atoms with Gasteiger partial charge in [-0.1, -0.05) is 11.6 Å². The molecule has 9 heteroatoms. The second kappa shape index (κ2) is 5.74. The van der Waals surface area contributed by atoms with E-state index >= 15 is 0 Å². The molecular weight excluding hydrogens is 319 g/mol. The van der Waals surface area contributed by atoms with E-state index < -0.39 is 15.7 Å². The number of hydrogen-bond acceptors (Lipinski definition) is 6. The van der Waals surface area contributed by atoms with Crippen molar-refractivity contribution in [3.05, 3.63) is 41.1 Å². The van der Waals surface area contributed by atoms with Crippen molar-refractivity contribution in [2.24, 2.45) is 0 Å². The molecule has 2 N–H and O–H groups in total. The van der Waals surface area contributed by atoms with E-state index in [1.807, 2.05) is 0 Å². The number of anilines is 2. The van der Waals surface area contributed by atoms with Crippen molar-refractivity contribution in [2.75, 3.05) is 11.6 Å². The Morgan fingerprint density at radius 1 is 1.38 bits per heavy atom. The summed E-state index contributed by atoms with van der Waals surface area (Å²) in [5, 5.41) is 9.96. The van der Waals surface area contributed by atoms with Crippen LogP contribution in [0, 0.1) is 11.2 Å². The first-order valence-corrected chi connectivity index (χ1v) is 7.87. The molecule has 2 rings (SSSR count). The highest BCUT2D eigenvalue weighted by Gasteiger charge is 2.13. The van der Waals surface area contributed by atoms with Gasteiger partial charge in [-0.15, -0.1) is 0 Å². The maximum Gasteiger partial charge on any atom is 0.175 e. The summed E-state index contributed by atoms with van der Waals surface area (Å²) in [6.45, 7) is 0. The predicted octanol–water partition coefficient (Wildman–Crippen LogP) is 2.41. The van der Waals surface area contributed by atoms with E-state index in [1.54, 1.807) is 0 Å². The number of nitrogens with one attached hydrogen (secondary N) is 2. The van der Waals surface area contributed by atoms with Crippen LogP contribution >= 0.6 is 11.6 Å². The Morgan fingerprint density at radius 2 is 2.10 bits per heavy atom. The van der Waals surface area contributed by atoms with Gasteiger partial charge in [0.25, 0.3) is 0 Å². The maximum absolute atomic E-state index is 13.9. The minimum absolute atomic E-state index is 0.0141. The molecule has 0 aliphatic rings. The summed E-state index contributed by atoms with van der Waals surface area (Å²) < 4.78 is 36.6. The summed E-state index contributed by atoms with van der Waals surface area (Å²) in [4.78, 5) is 7.46. The molecular formula is C12H10ClFN4O2S. The van der Waals surface area contributed by atoms with E-state index in [9.17, 15) is 12.8 Å². The average Bonchev–Trinajstić information content (AvgIpc) is 2.40. The molecule has 0 radical (unpaired) electrons. The van der Waals surface area contributed by atoms with E-state index in [0.717, 1.165) is 18.5 Å². The van der Waals surface area contributed by atoms with Gasteiger partial charge in [0.2, 0.25) is 0 Å². The Bertz CT molecular complexity index is 811. The van der Waals surface area contributed by atoms with Gasteiger partial charge in [0.1, 0.15) is 23.1 Å². The van der Waals surface area contributed by atoms with Crippen LogP contribution in [0.3, 0.4) is 0 Å². The molecule has 0 saturated heterocycles. The molecule has 0 saturated carbocycles. The van der Waals surface area contributed by atoms with Crippen LogP contribution < -0.4 is 5.32 Å². The first-order chi connectivity index (χ1) is 9.82. The van der Waals surface area contributed by atoms with E-state index in [2.05, 4.69) is 15.3 Å². The SMILES string of the molecule is CS(=O)(=O)c1ccc(Nc2ncnc(Cl)c2C=N)c(F)c1. The molecule has 0 fully saturated rings. The predicted molar refractivity (Wildman–Crippen MR) is 77.7 cm³/mol. The Morgan fingerprint density at radius 3 is 2.67 bits per heavy atom. The number of nitrogens with zero attached hydrogens (tertiary/aromatic N) is 2. The molecule has 110 valence electrons. The third kappa shape index (κ3) is 3.34. The quantitative estimate of drug-likeness (QED) is 0.663. The summed E-state index contributed by atoms with van der Waals surface area (Å²) >= 11 is 5.81. The second-order valence-electron chi connectivity index (χ2n) is 4.11. The fourth-order valence-corrected chi connectivity index (χ4v) is 2.38. The first kappa shape index (κ1) is 15.3. The van der Waals surface area contributed by atoms with Crippen LogP contribution in [0.5, 0.6) is 0 Å². The van der Waals surface area contributed by atoms with Crippen LogP contribution in [0.1, 0.15) is 5.56 Å². The molecule has 0 atom stereocenters. The molecule has 0 unspecified atom stereocenters. The molecule has 0 aliphatic heterocycles. The third-order valence-corrected chi connectivity index (χ3v) is 4.01. The molecule has 1 heterocycles. The molecule has 2 aromatic rings. The van der Waals surface area contributed by atoms with Crippen molar-refractivity contribution in [1.82, 2.24) is 9.97 Å². The maximum atomic E-state index is 13.9. The number of aromatic nitrogens is 2. The molecule has 21 heavy (non-hydrogen) atoms. The van der Waals surface area contributed by atoms with Gasteiger partial charge in [0.15, 0.2) is 9.84 Å². The molecule has 1 aromatic heterocycles. The van der Waals surface area contributed by atoms with Gasteiger partial charge < -0.3 is 10.7 Å². The first-order valence-electron chi connectivity index (χ1n) is 5.60. The van der Waals surface area contributed by atoms with Gasteiger partial charge in [0.05, 0.1) is 16.1 Å². The van der Waals surface area contributed by atoms with Crippen molar-refractivity contribution < 1.29 is 12.8 Å². The standard InChI is InChI=1S/C12H10ClFN4O2S/c1-21(19,20)7-2-3-10(9(14)4-7)18-12-8(5-15)11(13)16-6-17-12/h2-6,15H,1H3,(H,16,17,18). The molecule has 0 aliphatic carbocycles. The summed E-state index contributed by atoms with van der Waals surface area (Å²) in [6.07, 6.45) is 3.10. The van der Waals surface area contributed by atoms with Gasteiger partial charge in [-0.25, -0.2) is 22.8 Å². The van der Waals surface area contributed by atoms with Gasteiger partial charge >= 0.3 is 0 Å². The molecule has 6 nitrogen and oxygen atoms in total. The Kier molecular flexibility index (Phi) is 4.19. The number of halogens is 2. The minimum Gasteiger partial charge on any atom is -0.337 e. The van der Waals surface area contributed by atoms with Crippen LogP contribution in [-0.2, 0) is 9.84 Å². The van der Waals surface area contributed by atoms with E-state index in [0.29, 0.717) is 0 Å². The number of benzene rings is 1. The molecule has 0 amide bonds. The van der Waals surface area contributed by atoms with E-state index in [1.165, 1.54) is 18.5 Å². The van der Waals surface area contributed by atoms with Crippen molar-refractivity contribution in [2.45, 2.75) is 4.90 Å². The number of rotatable bonds is 4. The Labute approximate surface area is 125 Å². The second-order valence-corrected chi connectivity index (χ2v) is 6.48. The zero-order valence-electron chi connectivity index (χ0n) is 10.8. The highest BCUT2D eigenvalue weighted by Crippen LogP contribution is 2.25. The Hall–Kier alpha value is -2.06. The number of hydrogen-bond donors (Lipinski definition) is 2. The Balaban J connectivity index is 2.42. The fraction of sp³-hybridized carbons (Fsp3) is 0.0833.